The molecule has 128 valence electrons. The Hall–Kier alpha value is -2.49. The molecule has 0 aromatic heterocycles. The third kappa shape index (κ3) is 5.01. The molecule has 0 aliphatic carbocycles. The summed E-state index contributed by atoms with van der Waals surface area (Å²) in [6.07, 6.45) is 0.350. The normalized spacial score (nSPS) is 11.7. The summed E-state index contributed by atoms with van der Waals surface area (Å²) in [5, 5.41) is 2.87. The van der Waals surface area contributed by atoms with Gasteiger partial charge in [0.2, 0.25) is 0 Å². The molecule has 0 aliphatic heterocycles. The number of carbonyl (C=O) groups excluding carboxylic acids is 1. The van der Waals surface area contributed by atoms with Crippen molar-refractivity contribution in [2.45, 2.75) is 40.2 Å². The molecule has 2 aromatic carbocycles. The van der Waals surface area contributed by atoms with Crippen LogP contribution in [-0.2, 0) is 4.79 Å². The molecule has 1 atom stereocenters. The van der Waals surface area contributed by atoms with E-state index in [1.54, 1.807) is 6.92 Å². The Morgan fingerprint density at radius 2 is 1.96 bits per heavy atom. The monoisotopic (exact) mass is 327 g/mol. The van der Waals surface area contributed by atoms with Gasteiger partial charge >= 0.3 is 0 Å². The first-order valence-corrected chi connectivity index (χ1v) is 8.27. The molecule has 0 spiro atoms. The Bertz CT molecular complexity index is 697. The number of benzene rings is 2. The van der Waals surface area contributed by atoms with E-state index >= 15 is 0 Å². The highest BCUT2D eigenvalue weighted by Crippen LogP contribution is 2.22. The number of ether oxygens (including phenoxy) is 2. The van der Waals surface area contributed by atoms with Crippen LogP contribution in [0.4, 0.5) is 5.69 Å². The van der Waals surface area contributed by atoms with Crippen molar-refractivity contribution in [1.29, 1.82) is 0 Å². The van der Waals surface area contributed by atoms with E-state index in [9.17, 15) is 4.79 Å². The van der Waals surface area contributed by atoms with Gasteiger partial charge in [-0.15, -0.1) is 0 Å². The molecule has 0 fully saturated rings. The average molecular weight is 327 g/mol. The van der Waals surface area contributed by atoms with Crippen LogP contribution in [0.3, 0.4) is 0 Å². The molecule has 4 heteroatoms. The molecule has 24 heavy (non-hydrogen) atoms. The van der Waals surface area contributed by atoms with Crippen LogP contribution < -0.4 is 14.8 Å². The summed E-state index contributed by atoms with van der Waals surface area (Å²) in [4.78, 5) is 12.4. The second kappa shape index (κ2) is 8.39. The highest BCUT2D eigenvalue weighted by molar-refractivity contribution is 5.94. The third-order valence-corrected chi connectivity index (χ3v) is 3.59. The summed E-state index contributed by atoms with van der Waals surface area (Å²) in [7, 11) is 0. The second-order valence-electron chi connectivity index (χ2n) is 5.89. The molecule has 0 radical (unpaired) electrons. The van der Waals surface area contributed by atoms with Gasteiger partial charge in [0.1, 0.15) is 11.5 Å². The van der Waals surface area contributed by atoms with Crippen molar-refractivity contribution in [2.75, 3.05) is 11.9 Å². The van der Waals surface area contributed by atoms with Crippen LogP contribution >= 0.6 is 0 Å². The largest absolute Gasteiger partial charge is 0.494 e. The third-order valence-electron chi connectivity index (χ3n) is 3.59. The second-order valence-corrected chi connectivity index (χ2v) is 5.89. The Morgan fingerprint density at radius 1 is 1.17 bits per heavy atom. The van der Waals surface area contributed by atoms with Gasteiger partial charge in [0.15, 0.2) is 6.10 Å². The van der Waals surface area contributed by atoms with E-state index in [0.717, 1.165) is 29.0 Å². The molecule has 1 N–H and O–H groups in total. The summed E-state index contributed by atoms with van der Waals surface area (Å²) in [6, 6.07) is 13.3. The van der Waals surface area contributed by atoms with Gasteiger partial charge in [-0.2, -0.15) is 0 Å². The molecule has 4 nitrogen and oxygen atoms in total. The zero-order valence-corrected chi connectivity index (χ0v) is 14.8. The number of nitrogens with one attached hydrogen (secondary N) is 1. The molecule has 0 heterocycles. The standard InChI is InChI=1S/C20H25NO3/c1-5-11-23-18-8-6-7-17(13-18)21-20(22)16(4)24-19-12-14(2)9-10-15(19)3/h6-10,12-13,16H,5,11H2,1-4H3,(H,21,22). The van der Waals surface area contributed by atoms with Gasteiger partial charge in [-0.3, -0.25) is 4.79 Å². The van der Waals surface area contributed by atoms with Crippen LogP contribution in [0.5, 0.6) is 11.5 Å². The van der Waals surface area contributed by atoms with E-state index in [2.05, 4.69) is 12.2 Å². The Labute approximate surface area is 143 Å². The average Bonchev–Trinajstić information content (AvgIpc) is 2.56. The summed E-state index contributed by atoms with van der Waals surface area (Å²) in [5.41, 5.74) is 2.81. The van der Waals surface area contributed by atoms with Crippen LogP contribution in [0.2, 0.25) is 0 Å². The summed E-state index contributed by atoms with van der Waals surface area (Å²) < 4.78 is 11.4. The highest BCUT2D eigenvalue weighted by atomic mass is 16.5. The van der Waals surface area contributed by atoms with Crippen molar-refractivity contribution in [1.82, 2.24) is 0 Å². The number of anilines is 1. The van der Waals surface area contributed by atoms with E-state index in [1.165, 1.54) is 0 Å². The minimum Gasteiger partial charge on any atom is -0.494 e. The maximum atomic E-state index is 12.4. The topological polar surface area (TPSA) is 47.6 Å². The predicted molar refractivity (Wildman–Crippen MR) is 96.9 cm³/mol. The fourth-order valence-corrected chi connectivity index (χ4v) is 2.21. The maximum absolute atomic E-state index is 12.4. The lowest BCUT2D eigenvalue weighted by molar-refractivity contribution is -0.122. The molecule has 0 saturated carbocycles. The lowest BCUT2D eigenvalue weighted by Crippen LogP contribution is -2.30. The molecule has 0 bridgehead atoms. The number of hydrogen-bond acceptors (Lipinski definition) is 3. The first-order chi connectivity index (χ1) is 11.5. The number of aryl methyl sites for hydroxylation is 2. The van der Waals surface area contributed by atoms with Gasteiger partial charge in [-0.25, -0.2) is 0 Å². The summed E-state index contributed by atoms with van der Waals surface area (Å²) >= 11 is 0. The number of hydrogen-bond donors (Lipinski definition) is 1. The van der Waals surface area contributed by atoms with Crippen LogP contribution in [0.25, 0.3) is 0 Å². The molecular weight excluding hydrogens is 302 g/mol. The fraction of sp³-hybridized carbons (Fsp3) is 0.350. The van der Waals surface area contributed by atoms with Crippen LogP contribution in [-0.4, -0.2) is 18.6 Å². The summed E-state index contributed by atoms with van der Waals surface area (Å²) in [5.74, 6) is 1.29. The molecule has 0 aliphatic rings. The van der Waals surface area contributed by atoms with E-state index in [0.29, 0.717) is 12.3 Å². The van der Waals surface area contributed by atoms with Gasteiger partial charge in [0.25, 0.3) is 5.91 Å². The smallest absolute Gasteiger partial charge is 0.265 e. The van der Waals surface area contributed by atoms with Gasteiger partial charge in [0.05, 0.1) is 6.61 Å². The number of carbonyl (C=O) groups is 1. The SMILES string of the molecule is CCCOc1cccc(NC(=O)C(C)Oc2cc(C)ccc2C)c1. The van der Waals surface area contributed by atoms with E-state index in [4.69, 9.17) is 9.47 Å². The summed E-state index contributed by atoms with van der Waals surface area (Å²) in [6.45, 7) is 8.42. The fourth-order valence-electron chi connectivity index (χ4n) is 2.21. The Balaban J connectivity index is 1.99. The molecule has 2 rings (SSSR count). The van der Waals surface area contributed by atoms with Gasteiger partial charge in [-0.1, -0.05) is 25.1 Å². The van der Waals surface area contributed by atoms with Crippen LogP contribution in [0, 0.1) is 13.8 Å². The van der Waals surface area contributed by atoms with Crippen molar-refractivity contribution in [3.05, 3.63) is 53.6 Å². The minimum atomic E-state index is -0.592. The highest BCUT2D eigenvalue weighted by Gasteiger charge is 2.16. The number of amides is 1. The molecular formula is C20H25NO3. The van der Waals surface area contributed by atoms with Gasteiger partial charge in [-0.05, 0) is 56.5 Å². The Morgan fingerprint density at radius 3 is 2.71 bits per heavy atom. The zero-order chi connectivity index (χ0) is 17.5. The minimum absolute atomic E-state index is 0.191. The van der Waals surface area contributed by atoms with Gasteiger partial charge < -0.3 is 14.8 Å². The molecule has 1 unspecified atom stereocenters. The van der Waals surface area contributed by atoms with Crippen molar-refractivity contribution < 1.29 is 14.3 Å². The van der Waals surface area contributed by atoms with Crippen molar-refractivity contribution in [3.8, 4) is 11.5 Å². The van der Waals surface area contributed by atoms with Crippen molar-refractivity contribution >= 4 is 11.6 Å². The predicted octanol–water partition coefficient (Wildman–Crippen LogP) is 4.50. The molecule has 0 saturated heterocycles. The molecule has 1 amide bonds. The number of rotatable bonds is 7. The first kappa shape index (κ1) is 17.9. The first-order valence-electron chi connectivity index (χ1n) is 8.27. The van der Waals surface area contributed by atoms with Crippen LogP contribution in [0.15, 0.2) is 42.5 Å². The van der Waals surface area contributed by atoms with Crippen LogP contribution in [0.1, 0.15) is 31.4 Å². The lowest BCUT2D eigenvalue weighted by Gasteiger charge is -2.17. The van der Waals surface area contributed by atoms with Crippen molar-refractivity contribution in [3.63, 3.8) is 0 Å². The van der Waals surface area contributed by atoms with E-state index < -0.39 is 6.10 Å². The zero-order valence-electron chi connectivity index (χ0n) is 14.8. The quantitative estimate of drug-likeness (QED) is 0.814. The van der Waals surface area contributed by atoms with E-state index in [1.807, 2.05) is 56.3 Å². The van der Waals surface area contributed by atoms with Gasteiger partial charge in [0, 0.05) is 11.8 Å². The molecule has 2 aromatic rings. The lowest BCUT2D eigenvalue weighted by atomic mass is 10.1. The Kier molecular flexibility index (Phi) is 6.24. The van der Waals surface area contributed by atoms with E-state index in [-0.39, 0.29) is 5.91 Å². The maximum Gasteiger partial charge on any atom is 0.265 e. The van der Waals surface area contributed by atoms with Crippen molar-refractivity contribution in [2.24, 2.45) is 0 Å².